The van der Waals surface area contributed by atoms with Crippen LogP contribution in [0, 0.1) is 33.5 Å². The van der Waals surface area contributed by atoms with Gasteiger partial charge >= 0.3 is 11.9 Å². The third-order valence-electron chi connectivity index (χ3n) is 5.98. The lowest BCUT2D eigenvalue weighted by Gasteiger charge is -2.49. The second-order valence-electron chi connectivity index (χ2n) is 10.9. The number of carbonyl (C=O) groups is 2. The van der Waals surface area contributed by atoms with E-state index in [1.54, 1.807) is 0 Å². The smallest absolute Gasteiger partial charge is 0.309 e. The van der Waals surface area contributed by atoms with Crippen molar-refractivity contribution in [1.82, 2.24) is 0 Å². The van der Waals surface area contributed by atoms with Gasteiger partial charge in [-0.3, -0.25) is 9.59 Å². The monoisotopic (exact) mass is 356 g/mol. The molecule has 0 amide bonds. The van der Waals surface area contributed by atoms with Gasteiger partial charge in [0, 0.05) is 0 Å². The van der Waals surface area contributed by atoms with Crippen LogP contribution in [0.15, 0.2) is 0 Å². The molecule has 0 aromatic heterocycles. The molecule has 0 aromatic carbocycles. The number of carboxylic acids is 1. The number of ether oxygens (including phenoxy) is 1. The summed E-state index contributed by atoms with van der Waals surface area (Å²) in [6, 6.07) is 0. The van der Waals surface area contributed by atoms with E-state index in [0.717, 1.165) is 0 Å². The maximum absolute atomic E-state index is 12.4. The summed E-state index contributed by atoms with van der Waals surface area (Å²) in [4.78, 5) is 24.4. The minimum atomic E-state index is -0.765. The number of carboxylic acid groups (broad SMARTS) is 1. The van der Waals surface area contributed by atoms with E-state index in [9.17, 15) is 14.7 Å². The quantitative estimate of drug-likeness (QED) is 0.620. The van der Waals surface area contributed by atoms with Gasteiger partial charge in [0.25, 0.3) is 0 Å². The summed E-state index contributed by atoms with van der Waals surface area (Å²) in [6.45, 7) is 20.5. The van der Waals surface area contributed by atoms with Gasteiger partial charge in [-0.2, -0.15) is 0 Å². The molecule has 0 aliphatic rings. The molecule has 0 heterocycles. The van der Waals surface area contributed by atoms with Crippen molar-refractivity contribution in [2.75, 3.05) is 7.11 Å². The van der Waals surface area contributed by atoms with Crippen LogP contribution in [-0.2, 0) is 14.3 Å². The molecular weight excluding hydrogens is 316 g/mol. The zero-order valence-electron chi connectivity index (χ0n) is 18.2. The first-order valence-corrected chi connectivity index (χ1v) is 9.17. The number of methoxy groups -OCH3 is 1. The Labute approximate surface area is 154 Å². The highest BCUT2D eigenvalue weighted by Crippen LogP contribution is 2.53. The standard InChI is InChI=1S/C21H40O4/c1-18(2,3)12-14(16(22)23)21(9,10)20(7,8)13-15(17(24)25-11)19(4,5)6/h14-15H,12-13H2,1-11H3,(H,22,23). The lowest BCUT2D eigenvalue weighted by Crippen LogP contribution is -2.47. The molecule has 0 aromatic rings. The molecule has 0 aliphatic heterocycles. The molecule has 0 bridgehead atoms. The van der Waals surface area contributed by atoms with Gasteiger partial charge in [0.15, 0.2) is 0 Å². The molecule has 0 spiro atoms. The molecule has 25 heavy (non-hydrogen) atoms. The Hall–Kier alpha value is -1.06. The van der Waals surface area contributed by atoms with Crippen molar-refractivity contribution in [1.29, 1.82) is 0 Å². The van der Waals surface area contributed by atoms with Crippen LogP contribution in [0.5, 0.6) is 0 Å². The van der Waals surface area contributed by atoms with Crippen molar-refractivity contribution < 1.29 is 19.4 Å². The van der Waals surface area contributed by atoms with Crippen LogP contribution >= 0.6 is 0 Å². The summed E-state index contributed by atoms with van der Waals surface area (Å²) in [5.41, 5.74) is -1.16. The highest BCUT2D eigenvalue weighted by molar-refractivity contribution is 5.73. The van der Waals surface area contributed by atoms with Gasteiger partial charge in [-0.15, -0.1) is 0 Å². The predicted molar refractivity (Wildman–Crippen MR) is 102 cm³/mol. The molecule has 0 rings (SSSR count). The second-order valence-corrected chi connectivity index (χ2v) is 10.9. The number of rotatable bonds is 7. The van der Waals surface area contributed by atoms with E-state index in [-0.39, 0.29) is 28.1 Å². The average Bonchev–Trinajstić information content (AvgIpc) is 2.38. The van der Waals surface area contributed by atoms with Crippen LogP contribution in [0.2, 0.25) is 0 Å². The molecule has 0 radical (unpaired) electrons. The summed E-state index contributed by atoms with van der Waals surface area (Å²) in [6.07, 6.45) is 1.18. The summed E-state index contributed by atoms with van der Waals surface area (Å²) >= 11 is 0. The molecule has 0 saturated carbocycles. The third kappa shape index (κ3) is 6.31. The first kappa shape index (κ1) is 23.9. The average molecular weight is 357 g/mol. The zero-order valence-corrected chi connectivity index (χ0v) is 18.2. The van der Waals surface area contributed by atoms with Crippen molar-refractivity contribution in [3.63, 3.8) is 0 Å². The van der Waals surface area contributed by atoms with Crippen molar-refractivity contribution in [2.45, 2.75) is 82.1 Å². The van der Waals surface area contributed by atoms with E-state index in [2.05, 4.69) is 34.6 Å². The lowest BCUT2D eigenvalue weighted by molar-refractivity contribution is -0.156. The van der Waals surface area contributed by atoms with Gasteiger partial charge in [-0.25, -0.2) is 0 Å². The third-order valence-corrected chi connectivity index (χ3v) is 5.98. The van der Waals surface area contributed by atoms with Crippen LogP contribution < -0.4 is 0 Å². The maximum Gasteiger partial charge on any atom is 0.309 e. The Morgan fingerprint density at radius 1 is 0.840 bits per heavy atom. The highest BCUT2D eigenvalue weighted by Gasteiger charge is 2.50. The Bertz CT molecular complexity index is 475. The van der Waals surface area contributed by atoms with E-state index >= 15 is 0 Å². The van der Waals surface area contributed by atoms with Gasteiger partial charge < -0.3 is 9.84 Å². The minimum Gasteiger partial charge on any atom is -0.481 e. The Kier molecular flexibility index (Phi) is 7.35. The number of aliphatic carboxylic acids is 1. The summed E-state index contributed by atoms with van der Waals surface area (Å²) in [5, 5.41) is 9.89. The molecule has 4 nitrogen and oxygen atoms in total. The summed E-state index contributed by atoms with van der Waals surface area (Å²) < 4.78 is 5.03. The number of esters is 1. The number of hydrogen-bond acceptors (Lipinski definition) is 3. The zero-order chi connectivity index (χ0) is 20.4. The number of carbonyl (C=O) groups excluding carboxylic acids is 1. The minimum absolute atomic E-state index is 0.0812. The highest BCUT2D eigenvalue weighted by atomic mass is 16.5. The van der Waals surface area contributed by atoms with Crippen molar-refractivity contribution in [2.24, 2.45) is 33.5 Å². The summed E-state index contributed by atoms with van der Waals surface area (Å²) in [5.74, 6) is -1.76. The second kappa shape index (κ2) is 7.67. The van der Waals surface area contributed by atoms with Gasteiger partial charge in [-0.05, 0) is 34.5 Å². The molecule has 2 atom stereocenters. The predicted octanol–water partition coefficient (Wildman–Crippen LogP) is 5.40. The first-order chi connectivity index (χ1) is 10.9. The maximum atomic E-state index is 12.4. The van der Waals surface area contributed by atoms with Crippen LogP contribution in [0.25, 0.3) is 0 Å². The molecule has 2 unspecified atom stereocenters. The molecule has 0 fully saturated rings. The van der Waals surface area contributed by atoms with Crippen molar-refractivity contribution >= 4 is 11.9 Å². The molecule has 4 heteroatoms. The van der Waals surface area contributed by atoms with Crippen LogP contribution in [0.3, 0.4) is 0 Å². The molecule has 0 aliphatic carbocycles. The fourth-order valence-corrected chi connectivity index (χ4v) is 3.39. The molecule has 148 valence electrons. The van der Waals surface area contributed by atoms with Crippen LogP contribution in [0.4, 0.5) is 0 Å². The van der Waals surface area contributed by atoms with Crippen LogP contribution in [0.1, 0.15) is 82.1 Å². The Balaban J connectivity index is 5.83. The Morgan fingerprint density at radius 2 is 1.28 bits per heavy atom. The van der Waals surface area contributed by atoms with Crippen molar-refractivity contribution in [3.05, 3.63) is 0 Å². The van der Waals surface area contributed by atoms with Crippen LogP contribution in [-0.4, -0.2) is 24.2 Å². The molecule has 1 N–H and O–H groups in total. The normalized spacial score (nSPS) is 16.3. The first-order valence-electron chi connectivity index (χ1n) is 9.17. The Morgan fingerprint density at radius 3 is 1.56 bits per heavy atom. The van der Waals surface area contributed by atoms with Crippen molar-refractivity contribution in [3.8, 4) is 0 Å². The van der Waals surface area contributed by atoms with E-state index in [4.69, 9.17) is 4.74 Å². The summed E-state index contributed by atoms with van der Waals surface area (Å²) in [7, 11) is 1.42. The largest absolute Gasteiger partial charge is 0.481 e. The molecular formula is C21H40O4. The lowest BCUT2D eigenvalue weighted by atomic mass is 9.55. The van der Waals surface area contributed by atoms with Gasteiger partial charge in [0.1, 0.15) is 0 Å². The van der Waals surface area contributed by atoms with E-state index in [1.165, 1.54) is 7.11 Å². The van der Waals surface area contributed by atoms with Gasteiger partial charge in [-0.1, -0.05) is 69.2 Å². The van der Waals surface area contributed by atoms with E-state index in [1.807, 2.05) is 34.6 Å². The SMILES string of the molecule is COC(=O)C(CC(C)(C)C(C)(C)C(CC(C)(C)C)C(=O)O)C(C)(C)C. The number of hydrogen-bond donors (Lipinski definition) is 1. The topological polar surface area (TPSA) is 63.6 Å². The van der Waals surface area contributed by atoms with E-state index < -0.39 is 17.3 Å². The van der Waals surface area contributed by atoms with Gasteiger partial charge in [0.05, 0.1) is 18.9 Å². The fourth-order valence-electron chi connectivity index (χ4n) is 3.39. The van der Waals surface area contributed by atoms with Gasteiger partial charge in [0.2, 0.25) is 0 Å². The van der Waals surface area contributed by atoms with E-state index in [0.29, 0.717) is 12.8 Å². The fraction of sp³-hybridized carbons (Fsp3) is 0.905. The molecule has 0 saturated heterocycles.